The highest BCUT2D eigenvalue weighted by Crippen LogP contribution is 2.34. The number of hydrogen-bond acceptors (Lipinski definition) is 3. The molecule has 2 heterocycles. The summed E-state index contributed by atoms with van der Waals surface area (Å²) in [5.74, 6) is -0.109. The summed E-state index contributed by atoms with van der Waals surface area (Å²) < 4.78 is 0. The molecule has 4 nitrogen and oxygen atoms in total. The Balaban J connectivity index is 2.02. The molecule has 0 radical (unpaired) electrons. The third kappa shape index (κ3) is 2.08. The van der Waals surface area contributed by atoms with Gasteiger partial charge in [0.25, 0.3) is 5.91 Å². The minimum absolute atomic E-state index is 0.109. The Morgan fingerprint density at radius 1 is 1.30 bits per heavy atom. The van der Waals surface area contributed by atoms with E-state index in [1.165, 1.54) is 0 Å². The summed E-state index contributed by atoms with van der Waals surface area (Å²) in [5, 5.41) is 10.0. The maximum atomic E-state index is 12.7. The summed E-state index contributed by atoms with van der Waals surface area (Å²) in [6.07, 6.45) is 1.68. The topological polar surface area (TPSA) is 53.4 Å². The van der Waals surface area contributed by atoms with E-state index < -0.39 is 6.10 Å². The summed E-state index contributed by atoms with van der Waals surface area (Å²) in [6, 6.07) is 11.2. The zero-order valence-corrected chi connectivity index (χ0v) is 11.3. The monoisotopic (exact) mass is 268 g/mol. The minimum atomic E-state index is -0.500. The van der Waals surface area contributed by atoms with E-state index in [1.54, 1.807) is 11.1 Å². The summed E-state index contributed by atoms with van der Waals surface area (Å²) in [7, 11) is 0. The number of hydrogen-bond donors (Lipinski definition) is 1. The van der Waals surface area contributed by atoms with Crippen LogP contribution in [0.3, 0.4) is 0 Å². The van der Waals surface area contributed by atoms with Gasteiger partial charge in [0.1, 0.15) is 5.69 Å². The Labute approximate surface area is 117 Å². The Hall–Kier alpha value is -2.20. The molecule has 1 unspecified atom stereocenters. The van der Waals surface area contributed by atoms with Crippen LogP contribution in [0.5, 0.6) is 0 Å². The molecule has 1 aromatic heterocycles. The minimum Gasteiger partial charge on any atom is -0.388 e. The SMILES string of the molecule is Cc1cccnc1C(=O)N1CCC(O)c2ccccc21. The number of carbonyl (C=O) groups excluding carboxylic acids is 1. The molecule has 3 rings (SSSR count). The fourth-order valence-electron chi connectivity index (χ4n) is 2.59. The van der Waals surface area contributed by atoms with Crippen molar-refractivity contribution in [3.8, 4) is 0 Å². The molecule has 0 saturated carbocycles. The molecule has 0 fully saturated rings. The van der Waals surface area contributed by atoms with Crippen molar-refractivity contribution in [2.45, 2.75) is 19.4 Å². The van der Waals surface area contributed by atoms with Crippen LogP contribution in [0.25, 0.3) is 0 Å². The van der Waals surface area contributed by atoms with E-state index in [0.717, 1.165) is 16.8 Å². The number of benzene rings is 1. The van der Waals surface area contributed by atoms with E-state index in [0.29, 0.717) is 18.7 Å². The molecule has 0 saturated heterocycles. The van der Waals surface area contributed by atoms with Gasteiger partial charge in [0.05, 0.1) is 6.10 Å². The van der Waals surface area contributed by atoms with E-state index in [1.807, 2.05) is 43.3 Å². The molecule has 4 heteroatoms. The number of fused-ring (bicyclic) bond motifs is 1. The number of aryl methyl sites for hydroxylation is 1. The van der Waals surface area contributed by atoms with E-state index in [9.17, 15) is 9.90 Å². The van der Waals surface area contributed by atoms with Crippen molar-refractivity contribution >= 4 is 11.6 Å². The van der Waals surface area contributed by atoms with Crippen molar-refractivity contribution in [1.82, 2.24) is 4.98 Å². The van der Waals surface area contributed by atoms with Crippen LogP contribution in [0, 0.1) is 6.92 Å². The van der Waals surface area contributed by atoms with Gasteiger partial charge in [0.2, 0.25) is 0 Å². The van der Waals surface area contributed by atoms with Crippen LogP contribution in [-0.4, -0.2) is 22.5 Å². The van der Waals surface area contributed by atoms with Crippen molar-refractivity contribution < 1.29 is 9.90 Å². The van der Waals surface area contributed by atoms with Crippen LogP contribution in [0.2, 0.25) is 0 Å². The molecule has 2 aromatic rings. The first-order chi connectivity index (χ1) is 9.68. The molecular weight excluding hydrogens is 252 g/mol. The lowest BCUT2D eigenvalue weighted by atomic mass is 9.98. The second-order valence-corrected chi connectivity index (χ2v) is 4.99. The van der Waals surface area contributed by atoms with E-state index in [-0.39, 0.29) is 5.91 Å². The summed E-state index contributed by atoms with van der Waals surface area (Å²) >= 11 is 0. The number of aromatic nitrogens is 1. The van der Waals surface area contributed by atoms with Crippen LogP contribution in [0.4, 0.5) is 5.69 Å². The number of aliphatic hydroxyl groups excluding tert-OH is 1. The lowest BCUT2D eigenvalue weighted by Crippen LogP contribution is -2.37. The van der Waals surface area contributed by atoms with Gasteiger partial charge in [0.15, 0.2) is 0 Å². The highest BCUT2D eigenvalue weighted by atomic mass is 16.3. The van der Waals surface area contributed by atoms with Gasteiger partial charge in [-0.15, -0.1) is 0 Å². The molecule has 102 valence electrons. The van der Waals surface area contributed by atoms with Crippen LogP contribution in [0.1, 0.15) is 34.1 Å². The molecular formula is C16H16N2O2. The third-order valence-electron chi connectivity index (χ3n) is 3.67. The van der Waals surface area contributed by atoms with Crippen molar-refractivity contribution in [2.24, 2.45) is 0 Å². The van der Waals surface area contributed by atoms with Gasteiger partial charge < -0.3 is 10.0 Å². The van der Waals surface area contributed by atoms with Crippen molar-refractivity contribution in [3.63, 3.8) is 0 Å². The quantitative estimate of drug-likeness (QED) is 0.864. The van der Waals surface area contributed by atoms with Crippen molar-refractivity contribution in [2.75, 3.05) is 11.4 Å². The van der Waals surface area contributed by atoms with Gasteiger partial charge in [-0.3, -0.25) is 9.78 Å². The summed E-state index contributed by atoms with van der Waals surface area (Å²) in [5.41, 5.74) is 2.92. The average Bonchev–Trinajstić information content (AvgIpc) is 2.48. The molecule has 1 atom stereocenters. The number of carbonyl (C=O) groups is 1. The normalized spacial score (nSPS) is 17.7. The number of rotatable bonds is 1. The van der Waals surface area contributed by atoms with E-state index in [2.05, 4.69) is 4.98 Å². The summed E-state index contributed by atoms with van der Waals surface area (Å²) in [6.45, 7) is 2.39. The second-order valence-electron chi connectivity index (χ2n) is 4.99. The van der Waals surface area contributed by atoms with Gasteiger partial charge in [0, 0.05) is 24.0 Å². The zero-order chi connectivity index (χ0) is 14.1. The van der Waals surface area contributed by atoms with Crippen molar-refractivity contribution in [1.29, 1.82) is 0 Å². The zero-order valence-electron chi connectivity index (χ0n) is 11.3. The van der Waals surface area contributed by atoms with Gasteiger partial charge in [-0.1, -0.05) is 24.3 Å². The van der Waals surface area contributed by atoms with Gasteiger partial charge in [-0.05, 0) is 31.0 Å². The molecule has 0 aliphatic carbocycles. The molecule has 20 heavy (non-hydrogen) atoms. The molecule has 0 bridgehead atoms. The largest absolute Gasteiger partial charge is 0.388 e. The predicted octanol–water partition coefficient (Wildman–Crippen LogP) is 2.47. The highest BCUT2D eigenvalue weighted by Gasteiger charge is 2.28. The van der Waals surface area contributed by atoms with Crippen molar-refractivity contribution in [3.05, 3.63) is 59.4 Å². The Morgan fingerprint density at radius 2 is 2.10 bits per heavy atom. The van der Waals surface area contributed by atoms with Crippen LogP contribution >= 0.6 is 0 Å². The number of para-hydroxylation sites is 1. The Morgan fingerprint density at radius 3 is 2.90 bits per heavy atom. The molecule has 0 spiro atoms. The lowest BCUT2D eigenvalue weighted by Gasteiger charge is -2.32. The maximum absolute atomic E-state index is 12.7. The fraction of sp³-hybridized carbons (Fsp3) is 0.250. The smallest absolute Gasteiger partial charge is 0.277 e. The molecule has 1 N–H and O–H groups in total. The number of pyridine rings is 1. The molecule has 1 aliphatic rings. The number of anilines is 1. The molecule has 1 aromatic carbocycles. The molecule has 1 amide bonds. The first kappa shape index (κ1) is 12.8. The van der Waals surface area contributed by atoms with Gasteiger partial charge >= 0.3 is 0 Å². The van der Waals surface area contributed by atoms with Gasteiger partial charge in [-0.2, -0.15) is 0 Å². The standard InChI is InChI=1S/C16H16N2O2/c1-11-5-4-9-17-15(11)16(20)18-10-8-14(19)12-6-2-3-7-13(12)18/h2-7,9,14,19H,8,10H2,1H3. The van der Waals surface area contributed by atoms with Crippen LogP contribution < -0.4 is 4.90 Å². The average molecular weight is 268 g/mol. The maximum Gasteiger partial charge on any atom is 0.277 e. The molecule has 1 aliphatic heterocycles. The number of aliphatic hydroxyl groups is 1. The Bertz CT molecular complexity index is 654. The second kappa shape index (κ2) is 5.06. The van der Waals surface area contributed by atoms with Gasteiger partial charge in [-0.25, -0.2) is 0 Å². The first-order valence-corrected chi connectivity index (χ1v) is 6.69. The van der Waals surface area contributed by atoms with Crippen LogP contribution in [0.15, 0.2) is 42.6 Å². The lowest BCUT2D eigenvalue weighted by molar-refractivity contribution is 0.0965. The summed E-state index contributed by atoms with van der Waals surface area (Å²) in [4.78, 5) is 18.6. The highest BCUT2D eigenvalue weighted by molar-refractivity contribution is 6.06. The van der Waals surface area contributed by atoms with E-state index >= 15 is 0 Å². The number of nitrogens with zero attached hydrogens (tertiary/aromatic N) is 2. The fourth-order valence-corrected chi connectivity index (χ4v) is 2.59. The Kier molecular flexibility index (Phi) is 3.24. The van der Waals surface area contributed by atoms with E-state index in [4.69, 9.17) is 0 Å². The predicted molar refractivity (Wildman–Crippen MR) is 76.7 cm³/mol. The van der Waals surface area contributed by atoms with Crippen LogP contribution in [-0.2, 0) is 0 Å². The first-order valence-electron chi connectivity index (χ1n) is 6.69. The third-order valence-corrected chi connectivity index (χ3v) is 3.67. The number of amides is 1.